The highest BCUT2D eigenvalue weighted by Gasteiger charge is 2.22. The second kappa shape index (κ2) is 7.61. The summed E-state index contributed by atoms with van der Waals surface area (Å²) >= 11 is 0. The Hall–Kier alpha value is -2.16. The fraction of sp³-hybridized carbons (Fsp3) is 0.273. The monoisotopic (exact) mass is 319 g/mol. The van der Waals surface area contributed by atoms with Crippen LogP contribution in [0.15, 0.2) is 71.9 Å². The molecule has 1 N–H and O–H groups in total. The molecule has 0 bridgehead atoms. The molecular formula is C22H25NO. The molecule has 2 aliphatic rings. The third-order valence-electron chi connectivity index (χ3n) is 4.82. The number of rotatable bonds is 3. The predicted octanol–water partition coefficient (Wildman–Crippen LogP) is 4.57. The molecule has 0 unspecified atom stereocenters. The third-order valence-corrected chi connectivity index (χ3v) is 4.82. The molecule has 1 aliphatic carbocycles. The second-order valence-corrected chi connectivity index (χ2v) is 6.23. The Kier molecular flexibility index (Phi) is 5.29. The van der Waals surface area contributed by atoms with Gasteiger partial charge in [-0.15, -0.1) is 0 Å². The number of aliphatic hydroxyl groups excluding tert-OH is 1. The van der Waals surface area contributed by atoms with Crippen molar-refractivity contribution in [2.24, 2.45) is 0 Å². The molecule has 2 nitrogen and oxygen atoms in total. The number of nitrogens with zero attached hydrogens (tertiary/aromatic N) is 1. The number of benzene rings is 1. The lowest BCUT2D eigenvalue weighted by molar-refractivity contribution is 0.100. The standard InChI is InChI=1S/C22H25NO/c1-3-7-20-17(4-2)10-11-18-8-5-6-9-21(18)22(20)19-12-14-23(16-24)15-13-19/h3-11,24H,2,12-16H2,1H3/b7-3-. The van der Waals surface area contributed by atoms with Gasteiger partial charge in [0.15, 0.2) is 0 Å². The molecule has 3 rings (SSSR count). The number of hydrogen-bond acceptors (Lipinski definition) is 2. The zero-order chi connectivity index (χ0) is 16.9. The van der Waals surface area contributed by atoms with E-state index in [1.807, 2.05) is 6.08 Å². The summed E-state index contributed by atoms with van der Waals surface area (Å²) in [6, 6.07) is 8.60. The van der Waals surface area contributed by atoms with Crippen LogP contribution in [0.3, 0.4) is 0 Å². The van der Waals surface area contributed by atoms with Crippen LogP contribution in [0.25, 0.3) is 11.6 Å². The number of hydrogen-bond donors (Lipinski definition) is 1. The largest absolute Gasteiger partial charge is 0.381 e. The molecule has 1 aromatic rings. The van der Waals surface area contributed by atoms with Crippen LogP contribution in [-0.4, -0.2) is 29.8 Å². The van der Waals surface area contributed by atoms with Gasteiger partial charge in [0.1, 0.15) is 0 Å². The summed E-state index contributed by atoms with van der Waals surface area (Å²) in [5.41, 5.74) is 7.79. The molecule has 1 fully saturated rings. The summed E-state index contributed by atoms with van der Waals surface area (Å²) in [4.78, 5) is 2.10. The number of likely N-dealkylation sites (tertiary alicyclic amines) is 1. The van der Waals surface area contributed by atoms with Crippen LogP contribution >= 0.6 is 0 Å². The van der Waals surface area contributed by atoms with Crippen LogP contribution in [0.4, 0.5) is 0 Å². The smallest absolute Gasteiger partial charge is 0.0956 e. The number of fused-ring (bicyclic) bond motifs is 1. The summed E-state index contributed by atoms with van der Waals surface area (Å²) in [6.45, 7) is 8.06. The molecule has 1 saturated heterocycles. The van der Waals surface area contributed by atoms with E-state index in [-0.39, 0.29) is 6.73 Å². The fourth-order valence-electron chi connectivity index (χ4n) is 3.55. The van der Waals surface area contributed by atoms with Crippen LogP contribution in [0, 0.1) is 0 Å². The molecule has 1 aromatic carbocycles. The van der Waals surface area contributed by atoms with E-state index in [4.69, 9.17) is 0 Å². The zero-order valence-electron chi connectivity index (χ0n) is 14.3. The van der Waals surface area contributed by atoms with E-state index in [0.29, 0.717) is 0 Å². The molecule has 124 valence electrons. The number of piperidine rings is 1. The second-order valence-electron chi connectivity index (χ2n) is 6.23. The lowest BCUT2D eigenvalue weighted by Crippen LogP contribution is -2.31. The van der Waals surface area contributed by atoms with Crippen molar-refractivity contribution >= 4 is 11.6 Å². The lowest BCUT2D eigenvalue weighted by atomic mass is 9.85. The van der Waals surface area contributed by atoms with E-state index in [9.17, 15) is 5.11 Å². The van der Waals surface area contributed by atoms with E-state index in [0.717, 1.165) is 31.5 Å². The van der Waals surface area contributed by atoms with Gasteiger partial charge in [-0.1, -0.05) is 66.8 Å². The molecule has 0 radical (unpaired) electrons. The molecule has 0 amide bonds. The van der Waals surface area contributed by atoms with Crippen molar-refractivity contribution in [3.8, 4) is 0 Å². The van der Waals surface area contributed by atoms with Gasteiger partial charge >= 0.3 is 0 Å². The van der Waals surface area contributed by atoms with Gasteiger partial charge in [-0.05, 0) is 47.6 Å². The normalized spacial score (nSPS) is 18.9. The molecule has 1 aliphatic heterocycles. The number of allylic oxidation sites excluding steroid dienone is 7. The molecule has 0 aromatic heterocycles. The molecule has 0 spiro atoms. The minimum absolute atomic E-state index is 0.149. The van der Waals surface area contributed by atoms with E-state index in [1.165, 1.54) is 27.8 Å². The van der Waals surface area contributed by atoms with Gasteiger partial charge in [0.25, 0.3) is 0 Å². The van der Waals surface area contributed by atoms with E-state index in [1.54, 1.807) is 0 Å². The van der Waals surface area contributed by atoms with Crippen LogP contribution in [0.5, 0.6) is 0 Å². The highest BCUT2D eigenvalue weighted by atomic mass is 16.3. The van der Waals surface area contributed by atoms with Crippen LogP contribution in [0.2, 0.25) is 0 Å². The first-order valence-corrected chi connectivity index (χ1v) is 8.61. The van der Waals surface area contributed by atoms with Crippen molar-refractivity contribution in [1.29, 1.82) is 0 Å². The first-order chi connectivity index (χ1) is 11.8. The molecule has 24 heavy (non-hydrogen) atoms. The van der Waals surface area contributed by atoms with Crippen molar-refractivity contribution in [1.82, 2.24) is 4.90 Å². The van der Waals surface area contributed by atoms with E-state index in [2.05, 4.69) is 67.0 Å². The van der Waals surface area contributed by atoms with Crippen molar-refractivity contribution in [2.45, 2.75) is 19.8 Å². The molecule has 0 atom stereocenters. The zero-order valence-corrected chi connectivity index (χ0v) is 14.3. The fourth-order valence-corrected chi connectivity index (χ4v) is 3.55. The maximum absolute atomic E-state index is 9.37. The Bertz CT molecular complexity index is 739. The minimum Gasteiger partial charge on any atom is -0.381 e. The first kappa shape index (κ1) is 16.7. The van der Waals surface area contributed by atoms with Gasteiger partial charge in [0.05, 0.1) is 6.73 Å². The van der Waals surface area contributed by atoms with Crippen molar-refractivity contribution in [3.05, 3.63) is 83.0 Å². The average Bonchev–Trinajstić information content (AvgIpc) is 2.79. The molecule has 1 heterocycles. The highest BCUT2D eigenvalue weighted by Crippen LogP contribution is 2.39. The van der Waals surface area contributed by atoms with E-state index < -0.39 is 0 Å². The minimum atomic E-state index is 0.149. The summed E-state index contributed by atoms with van der Waals surface area (Å²) in [6.07, 6.45) is 12.6. The highest BCUT2D eigenvalue weighted by molar-refractivity contribution is 5.92. The Morgan fingerprint density at radius 3 is 2.58 bits per heavy atom. The van der Waals surface area contributed by atoms with E-state index >= 15 is 0 Å². The summed E-state index contributed by atoms with van der Waals surface area (Å²) < 4.78 is 0. The lowest BCUT2D eigenvalue weighted by Gasteiger charge is -2.29. The van der Waals surface area contributed by atoms with Gasteiger partial charge in [-0.25, -0.2) is 0 Å². The van der Waals surface area contributed by atoms with Gasteiger partial charge in [-0.3, -0.25) is 4.90 Å². The van der Waals surface area contributed by atoms with Crippen LogP contribution in [-0.2, 0) is 0 Å². The Morgan fingerprint density at radius 2 is 1.92 bits per heavy atom. The van der Waals surface area contributed by atoms with Gasteiger partial charge in [0.2, 0.25) is 0 Å². The molecule has 2 heteroatoms. The van der Waals surface area contributed by atoms with Gasteiger partial charge in [-0.2, -0.15) is 0 Å². The molecular weight excluding hydrogens is 294 g/mol. The van der Waals surface area contributed by atoms with Gasteiger partial charge < -0.3 is 5.11 Å². The van der Waals surface area contributed by atoms with Crippen molar-refractivity contribution in [2.75, 3.05) is 19.8 Å². The maximum Gasteiger partial charge on any atom is 0.0956 e. The first-order valence-electron chi connectivity index (χ1n) is 8.61. The van der Waals surface area contributed by atoms with Gasteiger partial charge in [0, 0.05) is 13.1 Å². The van der Waals surface area contributed by atoms with Crippen LogP contribution in [0.1, 0.15) is 30.9 Å². The topological polar surface area (TPSA) is 23.5 Å². The average molecular weight is 319 g/mol. The SMILES string of the molecule is C=CC1=C(/C=C\C)C(=C2CCN(CO)CC2)c2ccccc2C=C1. The Labute approximate surface area is 144 Å². The Morgan fingerprint density at radius 1 is 1.17 bits per heavy atom. The molecule has 0 saturated carbocycles. The third kappa shape index (κ3) is 3.21. The van der Waals surface area contributed by atoms with Crippen LogP contribution < -0.4 is 0 Å². The number of aliphatic hydroxyl groups is 1. The predicted molar refractivity (Wildman–Crippen MR) is 102 cm³/mol. The van der Waals surface area contributed by atoms with Crippen molar-refractivity contribution in [3.63, 3.8) is 0 Å². The maximum atomic E-state index is 9.37. The van der Waals surface area contributed by atoms with Crippen molar-refractivity contribution < 1.29 is 5.11 Å². The Balaban J connectivity index is 2.20. The summed E-state index contributed by atoms with van der Waals surface area (Å²) in [5.74, 6) is 0. The quantitative estimate of drug-likeness (QED) is 0.882. The summed E-state index contributed by atoms with van der Waals surface area (Å²) in [5, 5.41) is 9.37. The summed E-state index contributed by atoms with van der Waals surface area (Å²) in [7, 11) is 0.